The summed E-state index contributed by atoms with van der Waals surface area (Å²) in [7, 11) is 0. The Kier molecular flexibility index (Phi) is 5.49. The summed E-state index contributed by atoms with van der Waals surface area (Å²) in [5.74, 6) is -0.468. The molecule has 22 heavy (non-hydrogen) atoms. The van der Waals surface area contributed by atoms with E-state index in [9.17, 15) is 9.59 Å². The van der Waals surface area contributed by atoms with Crippen molar-refractivity contribution in [1.82, 2.24) is 15.6 Å². The monoisotopic (exact) mass is 317 g/mol. The second kappa shape index (κ2) is 7.56. The highest BCUT2D eigenvalue weighted by Crippen LogP contribution is 2.09. The van der Waals surface area contributed by atoms with Gasteiger partial charge in [-0.3, -0.25) is 9.59 Å². The molecule has 0 fully saturated rings. The van der Waals surface area contributed by atoms with Crippen LogP contribution in [-0.2, 0) is 0 Å². The topological polar surface area (TPSA) is 71.1 Å². The van der Waals surface area contributed by atoms with Crippen LogP contribution in [0, 0.1) is 6.92 Å². The highest BCUT2D eigenvalue weighted by molar-refractivity contribution is 6.30. The van der Waals surface area contributed by atoms with E-state index >= 15 is 0 Å². The minimum atomic E-state index is -0.260. The summed E-state index contributed by atoms with van der Waals surface area (Å²) >= 11 is 5.76. The van der Waals surface area contributed by atoms with E-state index in [1.165, 1.54) is 0 Å². The van der Waals surface area contributed by atoms with Crippen LogP contribution in [0.2, 0.25) is 5.02 Å². The molecule has 2 aromatic rings. The zero-order valence-corrected chi connectivity index (χ0v) is 12.9. The van der Waals surface area contributed by atoms with Gasteiger partial charge in [-0.05, 0) is 43.3 Å². The van der Waals surface area contributed by atoms with E-state index in [1.807, 2.05) is 13.0 Å². The van der Waals surface area contributed by atoms with Crippen LogP contribution in [0.1, 0.15) is 26.5 Å². The number of carbonyl (C=O) groups is 2. The fourth-order valence-corrected chi connectivity index (χ4v) is 1.94. The average molecular weight is 318 g/mol. The van der Waals surface area contributed by atoms with Gasteiger partial charge in [-0.1, -0.05) is 17.7 Å². The molecule has 0 aliphatic carbocycles. The third-order valence-electron chi connectivity index (χ3n) is 2.92. The molecule has 0 atom stereocenters. The number of halogens is 1. The molecule has 0 saturated carbocycles. The highest BCUT2D eigenvalue weighted by atomic mass is 35.5. The molecule has 5 nitrogen and oxygen atoms in total. The van der Waals surface area contributed by atoms with E-state index in [0.29, 0.717) is 29.4 Å². The summed E-state index contributed by atoms with van der Waals surface area (Å²) < 4.78 is 0. The number of rotatable bonds is 5. The predicted octanol–water partition coefficient (Wildman–Crippen LogP) is 2.20. The van der Waals surface area contributed by atoms with Crippen LogP contribution in [0.15, 0.2) is 42.5 Å². The number of hydrogen-bond acceptors (Lipinski definition) is 3. The maximum absolute atomic E-state index is 11.8. The van der Waals surface area contributed by atoms with Crippen molar-refractivity contribution in [3.8, 4) is 0 Å². The normalized spacial score (nSPS) is 10.1. The molecular formula is C16H16ClN3O2. The van der Waals surface area contributed by atoms with Crippen LogP contribution in [0.3, 0.4) is 0 Å². The molecule has 114 valence electrons. The van der Waals surface area contributed by atoms with Gasteiger partial charge in [-0.25, -0.2) is 4.98 Å². The SMILES string of the molecule is Cc1cccc(C(=O)NCCNC(=O)c2ccc(Cl)cc2)n1. The molecule has 1 heterocycles. The Morgan fingerprint density at radius 2 is 1.64 bits per heavy atom. The van der Waals surface area contributed by atoms with Gasteiger partial charge in [0.05, 0.1) is 0 Å². The number of nitrogens with one attached hydrogen (secondary N) is 2. The molecule has 0 saturated heterocycles. The van der Waals surface area contributed by atoms with Crippen molar-refractivity contribution in [1.29, 1.82) is 0 Å². The predicted molar refractivity (Wildman–Crippen MR) is 85.1 cm³/mol. The van der Waals surface area contributed by atoms with Crippen LogP contribution in [0.25, 0.3) is 0 Å². The van der Waals surface area contributed by atoms with Crippen molar-refractivity contribution < 1.29 is 9.59 Å². The second-order valence-electron chi connectivity index (χ2n) is 4.68. The van der Waals surface area contributed by atoms with E-state index in [2.05, 4.69) is 15.6 Å². The lowest BCUT2D eigenvalue weighted by molar-refractivity contribution is 0.0925. The molecule has 0 bridgehead atoms. The van der Waals surface area contributed by atoms with Crippen LogP contribution in [0.4, 0.5) is 0 Å². The van der Waals surface area contributed by atoms with Gasteiger partial charge in [0.15, 0.2) is 0 Å². The van der Waals surface area contributed by atoms with Crippen molar-refractivity contribution >= 4 is 23.4 Å². The molecular weight excluding hydrogens is 302 g/mol. The molecule has 0 aliphatic heterocycles. The molecule has 0 aliphatic rings. The zero-order chi connectivity index (χ0) is 15.9. The average Bonchev–Trinajstić information content (AvgIpc) is 2.51. The maximum atomic E-state index is 11.8. The zero-order valence-electron chi connectivity index (χ0n) is 12.1. The van der Waals surface area contributed by atoms with Gasteiger partial charge in [0, 0.05) is 29.4 Å². The number of aryl methyl sites for hydroxylation is 1. The Morgan fingerprint density at radius 3 is 2.27 bits per heavy atom. The molecule has 0 spiro atoms. The van der Waals surface area contributed by atoms with E-state index in [4.69, 9.17) is 11.6 Å². The number of benzene rings is 1. The van der Waals surface area contributed by atoms with E-state index in [-0.39, 0.29) is 11.8 Å². The first-order chi connectivity index (χ1) is 10.6. The first-order valence-corrected chi connectivity index (χ1v) is 7.19. The lowest BCUT2D eigenvalue weighted by Gasteiger charge is -2.07. The van der Waals surface area contributed by atoms with Crippen molar-refractivity contribution in [2.75, 3.05) is 13.1 Å². The molecule has 2 amide bonds. The fraction of sp³-hybridized carbons (Fsp3) is 0.188. The van der Waals surface area contributed by atoms with Crippen molar-refractivity contribution in [2.24, 2.45) is 0 Å². The van der Waals surface area contributed by atoms with E-state index in [1.54, 1.807) is 36.4 Å². The fourth-order valence-electron chi connectivity index (χ4n) is 1.82. The van der Waals surface area contributed by atoms with Gasteiger partial charge >= 0.3 is 0 Å². The van der Waals surface area contributed by atoms with E-state index in [0.717, 1.165) is 5.69 Å². The van der Waals surface area contributed by atoms with Gasteiger partial charge in [0.25, 0.3) is 11.8 Å². The third kappa shape index (κ3) is 4.56. The first kappa shape index (κ1) is 16.0. The standard InChI is InChI=1S/C16H16ClN3O2/c1-11-3-2-4-14(20-11)16(22)19-10-9-18-15(21)12-5-7-13(17)8-6-12/h2-8H,9-10H2,1H3,(H,18,21)(H,19,22). The van der Waals surface area contributed by atoms with E-state index < -0.39 is 0 Å². The summed E-state index contributed by atoms with van der Waals surface area (Å²) in [5, 5.41) is 6.00. The maximum Gasteiger partial charge on any atom is 0.269 e. The Morgan fingerprint density at radius 1 is 1.00 bits per heavy atom. The minimum absolute atomic E-state index is 0.209. The second-order valence-corrected chi connectivity index (χ2v) is 5.12. The molecule has 6 heteroatoms. The summed E-state index contributed by atoms with van der Waals surface area (Å²) in [4.78, 5) is 27.8. The number of aromatic nitrogens is 1. The van der Waals surface area contributed by atoms with Crippen LogP contribution in [-0.4, -0.2) is 29.9 Å². The molecule has 0 unspecified atom stereocenters. The molecule has 1 aromatic carbocycles. The van der Waals surface area contributed by atoms with Crippen molar-refractivity contribution in [3.63, 3.8) is 0 Å². The highest BCUT2D eigenvalue weighted by Gasteiger charge is 2.07. The Balaban J connectivity index is 1.76. The summed E-state index contributed by atoms with van der Waals surface area (Å²) in [5.41, 5.74) is 1.67. The minimum Gasteiger partial charge on any atom is -0.350 e. The molecule has 1 aromatic heterocycles. The Bertz CT molecular complexity index is 671. The third-order valence-corrected chi connectivity index (χ3v) is 3.18. The summed E-state index contributed by atoms with van der Waals surface area (Å²) in [6.45, 7) is 2.48. The van der Waals surface area contributed by atoms with Crippen LogP contribution in [0.5, 0.6) is 0 Å². The van der Waals surface area contributed by atoms with Gasteiger partial charge in [0.2, 0.25) is 0 Å². The van der Waals surface area contributed by atoms with Crippen molar-refractivity contribution in [3.05, 3.63) is 64.4 Å². The number of pyridine rings is 1. The first-order valence-electron chi connectivity index (χ1n) is 6.82. The molecule has 0 radical (unpaired) electrons. The number of amides is 2. The number of carbonyl (C=O) groups excluding carboxylic acids is 2. The Hall–Kier alpha value is -2.40. The lowest BCUT2D eigenvalue weighted by atomic mass is 10.2. The Labute approximate surface area is 133 Å². The van der Waals surface area contributed by atoms with Gasteiger partial charge in [0.1, 0.15) is 5.69 Å². The quantitative estimate of drug-likeness (QED) is 0.831. The van der Waals surface area contributed by atoms with Gasteiger partial charge < -0.3 is 10.6 Å². The largest absolute Gasteiger partial charge is 0.350 e. The summed E-state index contributed by atoms with van der Waals surface area (Å²) in [6, 6.07) is 11.8. The van der Waals surface area contributed by atoms with Crippen LogP contribution >= 0.6 is 11.6 Å². The molecule has 2 rings (SSSR count). The van der Waals surface area contributed by atoms with Crippen molar-refractivity contribution in [2.45, 2.75) is 6.92 Å². The number of nitrogens with zero attached hydrogens (tertiary/aromatic N) is 1. The van der Waals surface area contributed by atoms with Crippen LogP contribution < -0.4 is 10.6 Å². The van der Waals surface area contributed by atoms with Gasteiger partial charge in [-0.2, -0.15) is 0 Å². The lowest BCUT2D eigenvalue weighted by Crippen LogP contribution is -2.35. The smallest absolute Gasteiger partial charge is 0.269 e. The van der Waals surface area contributed by atoms with Gasteiger partial charge in [-0.15, -0.1) is 0 Å². The summed E-state index contributed by atoms with van der Waals surface area (Å²) in [6.07, 6.45) is 0. The molecule has 2 N–H and O–H groups in total. The number of hydrogen-bond donors (Lipinski definition) is 2.